The van der Waals surface area contributed by atoms with Crippen LogP contribution in [0.15, 0.2) is 0 Å². The Balaban J connectivity index is 2.44. The first-order valence-corrected chi connectivity index (χ1v) is 5.16. The summed E-state index contributed by atoms with van der Waals surface area (Å²) in [6.07, 6.45) is 2.64. The third-order valence-corrected chi connectivity index (χ3v) is 2.41. The van der Waals surface area contributed by atoms with Crippen LogP contribution in [0.3, 0.4) is 0 Å². The Hall–Kier alpha value is -1.39. The van der Waals surface area contributed by atoms with Crippen LogP contribution in [-0.2, 0) is 14.4 Å². The Kier molecular flexibility index (Phi) is 4.27. The molecule has 0 unspecified atom stereocenters. The Morgan fingerprint density at radius 3 is 2.20 bits per heavy atom. The fraction of sp³-hybridized carbons (Fsp3) is 0.700. The van der Waals surface area contributed by atoms with Gasteiger partial charge in [-0.2, -0.15) is 0 Å². The van der Waals surface area contributed by atoms with E-state index < -0.39 is 5.97 Å². The van der Waals surface area contributed by atoms with Crippen LogP contribution in [0.2, 0.25) is 0 Å². The molecular weight excluding hydrogens is 198 g/mol. The van der Waals surface area contributed by atoms with Crippen molar-refractivity contribution in [1.82, 2.24) is 4.90 Å². The lowest BCUT2D eigenvalue weighted by atomic mass is 10.2. The average molecular weight is 213 g/mol. The van der Waals surface area contributed by atoms with Crippen LogP contribution in [0.25, 0.3) is 0 Å². The second-order valence-electron chi connectivity index (χ2n) is 3.64. The molecule has 0 saturated carbocycles. The Morgan fingerprint density at radius 1 is 1.20 bits per heavy atom. The number of nitrogens with zero attached hydrogens (tertiary/aromatic N) is 1. The van der Waals surface area contributed by atoms with Crippen molar-refractivity contribution in [3.8, 4) is 0 Å². The van der Waals surface area contributed by atoms with Crippen molar-refractivity contribution >= 4 is 17.8 Å². The van der Waals surface area contributed by atoms with Crippen LogP contribution in [0.1, 0.15) is 38.5 Å². The van der Waals surface area contributed by atoms with E-state index in [1.165, 1.54) is 4.90 Å². The molecule has 0 spiro atoms. The van der Waals surface area contributed by atoms with Gasteiger partial charge in [0.15, 0.2) is 0 Å². The molecule has 1 rings (SSSR count). The summed E-state index contributed by atoms with van der Waals surface area (Å²) < 4.78 is 0. The molecule has 84 valence electrons. The molecule has 1 heterocycles. The lowest BCUT2D eigenvalue weighted by Gasteiger charge is -2.17. The van der Waals surface area contributed by atoms with Gasteiger partial charge in [-0.3, -0.25) is 19.3 Å². The van der Waals surface area contributed by atoms with Gasteiger partial charge >= 0.3 is 5.97 Å². The molecule has 0 aromatic carbocycles. The van der Waals surface area contributed by atoms with Crippen molar-refractivity contribution in [2.75, 3.05) is 6.54 Å². The fourth-order valence-corrected chi connectivity index (χ4v) is 1.60. The van der Waals surface area contributed by atoms with Gasteiger partial charge < -0.3 is 5.11 Å². The molecule has 1 saturated heterocycles. The van der Waals surface area contributed by atoms with Gasteiger partial charge in [-0.05, 0) is 19.3 Å². The summed E-state index contributed by atoms with van der Waals surface area (Å²) in [5.74, 6) is -1.23. The van der Waals surface area contributed by atoms with E-state index in [-0.39, 0.29) is 24.8 Å². The normalized spacial score (nSPS) is 17.7. The van der Waals surface area contributed by atoms with Gasteiger partial charge in [0.2, 0.25) is 11.8 Å². The Labute approximate surface area is 88.1 Å². The molecule has 0 aromatic heterocycles. The number of carbonyl (C=O) groups is 3. The molecule has 2 amide bonds. The van der Waals surface area contributed by atoms with Gasteiger partial charge in [0.25, 0.3) is 0 Å². The standard InChI is InChI=1S/C10H15NO4/c12-8-4-1-2-5-9(13)11(8)7-3-6-10(14)15/h1-7H2,(H,14,15). The second-order valence-corrected chi connectivity index (χ2v) is 3.64. The minimum absolute atomic E-state index is 0.00292. The number of carboxylic acids is 1. The smallest absolute Gasteiger partial charge is 0.303 e. The SMILES string of the molecule is O=C(O)CCCN1C(=O)CCCCC1=O. The van der Waals surface area contributed by atoms with E-state index in [1.54, 1.807) is 0 Å². The highest BCUT2D eigenvalue weighted by Crippen LogP contribution is 2.13. The number of hydrogen-bond acceptors (Lipinski definition) is 3. The molecule has 5 nitrogen and oxygen atoms in total. The first-order chi connectivity index (χ1) is 7.11. The topological polar surface area (TPSA) is 74.7 Å². The third kappa shape index (κ3) is 3.69. The van der Waals surface area contributed by atoms with Crippen molar-refractivity contribution < 1.29 is 19.5 Å². The molecule has 0 aliphatic carbocycles. The summed E-state index contributed by atoms with van der Waals surface area (Å²) in [4.78, 5) is 34.4. The van der Waals surface area contributed by atoms with Crippen LogP contribution >= 0.6 is 0 Å². The second kappa shape index (κ2) is 5.48. The molecule has 0 bridgehead atoms. The summed E-state index contributed by atoms with van der Waals surface area (Å²) in [7, 11) is 0. The van der Waals surface area contributed by atoms with E-state index in [0.29, 0.717) is 19.3 Å². The maximum absolute atomic E-state index is 11.5. The van der Waals surface area contributed by atoms with Crippen molar-refractivity contribution in [3.63, 3.8) is 0 Å². The highest BCUT2D eigenvalue weighted by molar-refractivity contribution is 5.96. The number of hydrogen-bond donors (Lipinski definition) is 1. The minimum Gasteiger partial charge on any atom is -0.481 e. The number of rotatable bonds is 4. The predicted octanol–water partition coefficient (Wildman–Crippen LogP) is 0.780. The fourth-order valence-electron chi connectivity index (χ4n) is 1.60. The van der Waals surface area contributed by atoms with Gasteiger partial charge in [-0.25, -0.2) is 0 Å². The lowest BCUT2D eigenvalue weighted by Crippen LogP contribution is -2.36. The number of amides is 2. The van der Waals surface area contributed by atoms with Crippen LogP contribution in [0, 0.1) is 0 Å². The monoisotopic (exact) mass is 213 g/mol. The zero-order valence-electron chi connectivity index (χ0n) is 8.57. The van der Waals surface area contributed by atoms with E-state index in [2.05, 4.69) is 0 Å². The first kappa shape index (κ1) is 11.7. The molecule has 1 aliphatic rings. The van der Waals surface area contributed by atoms with E-state index >= 15 is 0 Å². The summed E-state index contributed by atoms with van der Waals surface area (Å²) in [6, 6.07) is 0. The van der Waals surface area contributed by atoms with Gasteiger partial charge in [-0.1, -0.05) is 0 Å². The molecule has 15 heavy (non-hydrogen) atoms. The maximum Gasteiger partial charge on any atom is 0.303 e. The summed E-state index contributed by atoms with van der Waals surface area (Å²) in [5, 5.41) is 8.44. The van der Waals surface area contributed by atoms with Crippen LogP contribution in [-0.4, -0.2) is 34.3 Å². The van der Waals surface area contributed by atoms with Crippen molar-refractivity contribution in [3.05, 3.63) is 0 Å². The van der Waals surface area contributed by atoms with Crippen molar-refractivity contribution in [2.24, 2.45) is 0 Å². The maximum atomic E-state index is 11.5. The van der Waals surface area contributed by atoms with Gasteiger partial charge in [0.1, 0.15) is 0 Å². The quantitative estimate of drug-likeness (QED) is 0.700. The van der Waals surface area contributed by atoms with E-state index in [0.717, 1.165) is 12.8 Å². The first-order valence-electron chi connectivity index (χ1n) is 5.16. The highest BCUT2D eigenvalue weighted by atomic mass is 16.4. The lowest BCUT2D eigenvalue weighted by molar-refractivity contribution is -0.145. The molecule has 0 radical (unpaired) electrons. The predicted molar refractivity (Wildman–Crippen MR) is 52.1 cm³/mol. The minimum atomic E-state index is -0.898. The number of likely N-dealkylation sites (tertiary alicyclic amines) is 1. The molecule has 5 heteroatoms. The zero-order chi connectivity index (χ0) is 11.3. The van der Waals surface area contributed by atoms with Crippen LogP contribution < -0.4 is 0 Å². The van der Waals surface area contributed by atoms with Gasteiger partial charge in [0.05, 0.1) is 0 Å². The van der Waals surface area contributed by atoms with Crippen LogP contribution in [0.5, 0.6) is 0 Å². The van der Waals surface area contributed by atoms with Crippen molar-refractivity contribution in [1.29, 1.82) is 0 Å². The molecule has 1 N–H and O–H groups in total. The number of carbonyl (C=O) groups excluding carboxylic acids is 2. The Morgan fingerprint density at radius 2 is 1.73 bits per heavy atom. The summed E-state index contributed by atoms with van der Waals surface area (Å²) >= 11 is 0. The largest absolute Gasteiger partial charge is 0.481 e. The highest BCUT2D eigenvalue weighted by Gasteiger charge is 2.23. The van der Waals surface area contributed by atoms with Gasteiger partial charge in [0, 0.05) is 25.8 Å². The van der Waals surface area contributed by atoms with E-state index in [4.69, 9.17) is 5.11 Å². The Bertz CT molecular complexity index is 257. The molecular formula is C10H15NO4. The number of imide groups is 1. The molecule has 1 aliphatic heterocycles. The van der Waals surface area contributed by atoms with Crippen LogP contribution in [0.4, 0.5) is 0 Å². The number of carboxylic acid groups (broad SMARTS) is 1. The molecule has 1 fully saturated rings. The average Bonchev–Trinajstić information content (AvgIpc) is 2.31. The molecule has 0 atom stereocenters. The zero-order valence-corrected chi connectivity index (χ0v) is 8.57. The number of aliphatic carboxylic acids is 1. The van der Waals surface area contributed by atoms with Crippen molar-refractivity contribution in [2.45, 2.75) is 38.5 Å². The third-order valence-electron chi connectivity index (χ3n) is 2.41. The summed E-state index contributed by atoms with van der Waals surface area (Å²) in [5.41, 5.74) is 0. The van der Waals surface area contributed by atoms with E-state index in [1.807, 2.05) is 0 Å². The summed E-state index contributed by atoms with van der Waals surface area (Å²) in [6.45, 7) is 0.240. The van der Waals surface area contributed by atoms with Gasteiger partial charge in [-0.15, -0.1) is 0 Å². The molecule has 0 aromatic rings. The van der Waals surface area contributed by atoms with E-state index in [9.17, 15) is 14.4 Å².